The fraction of sp³-hybridized carbons (Fsp3) is 0.433. The first-order chi connectivity index (χ1) is 21.9. The molecule has 2 aliphatic rings. The van der Waals surface area contributed by atoms with Gasteiger partial charge in [-0.3, -0.25) is 4.79 Å². The third-order valence-corrected chi connectivity index (χ3v) is 9.83. The van der Waals surface area contributed by atoms with Crippen molar-refractivity contribution in [1.82, 2.24) is 19.0 Å². The zero-order valence-electron chi connectivity index (χ0n) is 26.0. The lowest BCUT2D eigenvalue weighted by Crippen LogP contribution is -2.44. The van der Waals surface area contributed by atoms with E-state index < -0.39 is 38.6 Å². The highest BCUT2D eigenvalue weighted by Gasteiger charge is 2.35. The zero-order chi connectivity index (χ0) is 33.2. The number of carbonyl (C=O) groups is 2. The van der Waals surface area contributed by atoms with Crippen molar-refractivity contribution in [3.05, 3.63) is 64.9 Å². The molecule has 0 aliphatic carbocycles. The van der Waals surface area contributed by atoms with Gasteiger partial charge in [0.25, 0.3) is 5.91 Å². The van der Waals surface area contributed by atoms with Crippen LogP contribution in [0.25, 0.3) is 0 Å². The lowest BCUT2D eigenvalue weighted by atomic mass is 10.1. The number of methoxy groups -OCH3 is 2. The standard InChI is InChI=1S/C30H37F2N7O6S/c1-19(18-44-3)33-26-16-22(37-11-9-36(2)10-12-37)5-6-24(26)29(40)34-28-25-17-38(8-7-27(25)39(35-28)30(41)45-4)46(42,43)23-14-20(31)13-21(32)15-23/h5-6,13-16,19,33H,7-12,17-18H2,1-4H3,(H,34,35,40)/t19-/m0/s1. The van der Waals surface area contributed by atoms with Crippen LogP contribution in [0.5, 0.6) is 0 Å². The average molecular weight is 662 g/mol. The number of hydrogen-bond donors (Lipinski definition) is 2. The van der Waals surface area contributed by atoms with Crippen LogP contribution < -0.4 is 15.5 Å². The number of hydrogen-bond acceptors (Lipinski definition) is 10. The van der Waals surface area contributed by atoms with E-state index in [-0.39, 0.29) is 42.5 Å². The number of rotatable bonds is 9. The van der Waals surface area contributed by atoms with Crippen molar-refractivity contribution in [3.63, 3.8) is 0 Å². The summed E-state index contributed by atoms with van der Waals surface area (Å²) in [5, 5.41) is 10.4. The monoisotopic (exact) mass is 661 g/mol. The number of nitrogens with one attached hydrogen (secondary N) is 2. The Labute approximate surface area is 266 Å². The summed E-state index contributed by atoms with van der Waals surface area (Å²) in [6, 6.07) is 7.38. The number of anilines is 3. The maximum atomic E-state index is 13.9. The fourth-order valence-electron chi connectivity index (χ4n) is 5.61. The summed E-state index contributed by atoms with van der Waals surface area (Å²) in [5.41, 5.74) is 2.38. The lowest BCUT2D eigenvalue weighted by molar-refractivity contribution is 0.102. The summed E-state index contributed by atoms with van der Waals surface area (Å²) in [7, 11) is 0.479. The van der Waals surface area contributed by atoms with E-state index in [9.17, 15) is 26.8 Å². The van der Waals surface area contributed by atoms with Crippen LogP contribution in [-0.4, -0.2) is 106 Å². The number of amides is 1. The Balaban J connectivity index is 1.47. The second kappa shape index (κ2) is 13.7. The second-order valence-corrected chi connectivity index (χ2v) is 13.3. The highest BCUT2D eigenvalue weighted by atomic mass is 32.2. The van der Waals surface area contributed by atoms with Gasteiger partial charge in [-0.2, -0.15) is 8.99 Å². The van der Waals surface area contributed by atoms with Gasteiger partial charge in [-0.15, -0.1) is 5.10 Å². The molecule has 248 valence electrons. The van der Waals surface area contributed by atoms with Gasteiger partial charge in [0.05, 0.1) is 29.9 Å². The Bertz CT molecular complexity index is 1710. The molecule has 0 spiro atoms. The molecule has 46 heavy (non-hydrogen) atoms. The minimum Gasteiger partial charge on any atom is -0.451 e. The van der Waals surface area contributed by atoms with Crippen molar-refractivity contribution in [2.75, 3.05) is 76.1 Å². The summed E-state index contributed by atoms with van der Waals surface area (Å²) >= 11 is 0. The van der Waals surface area contributed by atoms with Crippen molar-refractivity contribution in [1.29, 1.82) is 0 Å². The summed E-state index contributed by atoms with van der Waals surface area (Å²) in [6.07, 6.45) is -0.807. The van der Waals surface area contributed by atoms with Crippen LogP contribution in [0.4, 0.5) is 30.8 Å². The molecule has 16 heteroatoms. The van der Waals surface area contributed by atoms with E-state index in [1.807, 2.05) is 19.1 Å². The van der Waals surface area contributed by atoms with Crippen molar-refractivity contribution in [2.24, 2.45) is 0 Å². The van der Waals surface area contributed by atoms with E-state index in [2.05, 4.69) is 32.6 Å². The molecule has 0 unspecified atom stereocenters. The van der Waals surface area contributed by atoms with Gasteiger partial charge in [0, 0.05) is 81.8 Å². The van der Waals surface area contributed by atoms with Crippen LogP contribution in [0.15, 0.2) is 41.3 Å². The van der Waals surface area contributed by atoms with Crippen LogP contribution in [0.3, 0.4) is 0 Å². The minimum atomic E-state index is -4.35. The molecule has 0 saturated carbocycles. The maximum absolute atomic E-state index is 13.9. The van der Waals surface area contributed by atoms with Crippen molar-refractivity contribution in [3.8, 4) is 0 Å². The Morgan fingerprint density at radius 1 is 1.02 bits per heavy atom. The molecule has 5 rings (SSSR count). The second-order valence-electron chi connectivity index (χ2n) is 11.3. The molecule has 2 aromatic carbocycles. The van der Waals surface area contributed by atoms with Crippen molar-refractivity contribution in [2.45, 2.75) is 30.8 Å². The highest BCUT2D eigenvalue weighted by molar-refractivity contribution is 7.89. The summed E-state index contributed by atoms with van der Waals surface area (Å²) < 4.78 is 66.8. The molecule has 1 saturated heterocycles. The molecule has 1 aromatic heterocycles. The van der Waals surface area contributed by atoms with E-state index in [0.29, 0.717) is 24.1 Å². The first-order valence-corrected chi connectivity index (χ1v) is 16.1. The van der Waals surface area contributed by atoms with Crippen LogP contribution in [0.2, 0.25) is 0 Å². The molecule has 1 amide bonds. The number of benzene rings is 2. The molecule has 0 bridgehead atoms. The molecule has 2 aliphatic heterocycles. The van der Waals surface area contributed by atoms with Gasteiger partial charge in [-0.1, -0.05) is 0 Å². The van der Waals surface area contributed by atoms with Gasteiger partial charge in [0.1, 0.15) is 11.6 Å². The molecule has 0 radical (unpaired) electrons. The average Bonchev–Trinajstić information content (AvgIpc) is 3.38. The van der Waals surface area contributed by atoms with E-state index in [0.717, 1.165) is 53.0 Å². The Morgan fingerprint density at radius 3 is 2.37 bits per heavy atom. The zero-order valence-corrected chi connectivity index (χ0v) is 26.9. The summed E-state index contributed by atoms with van der Waals surface area (Å²) in [4.78, 5) is 30.4. The van der Waals surface area contributed by atoms with Crippen molar-refractivity contribution >= 4 is 39.2 Å². The van der Waals surface area contributed by atoms with E-state index in [4.69, 9.17) is 9.47 Å². The number of fused-ring (bicyclic) bond motifs is 1. The van der Waals surface area contributed by atoms with Crippen LogP contribution in [0, 0.1) is 11.6 Å². The number of nitrogens with zero attached hydrogens (tertiary/aromatic N) is 5. The number of likely N-dealkylation sites (N-methyl/N-ethyl adjacent to an activating group) is 1. The smallest absolute Gasteiger partial charge is 0.434 e. The third kappa shape index (κ3) is 6.99. The van der Waals surface area contributed by atoms with E-state index in [1.54, 1.807) is 13.2 Å². The van der Waals surface area contributed by atoms with Gasteiger partial charge in [-0.25, -0.2) is 22.0 Å². The van der Waals surface area contributed by atoms with E-state index >= 15 is 0 Å². The van der Waals surface area contributed by atoms with Gasteiger partial charge in [-0.05, 0) is 44.3 Å². The molecule has 3 heterocycles. The molecule has 1 atom stereocenters. The molecule has 13 nitrogen and oxygen atoms in total. The SMILES string of the molecule is COC[C@H](C)Nc1cc(N2CCN(C)CC2)ccc1C(=O)Nc1nn(C(=O)OC)c2c1CN(S(=O)(=O)c1cc(F)cc(F)c1)CC2. The van der Waals surface area contributed by atoms with E-state index in [1.165, 1.54) is 7.11 Å². The topological polar surface area (TPSA) is 138 Å². The number of carbonyl (C=O) groups excluding carboxylic acids is 2. The highest BCUT2D eigenvalue weighted by Crippen LogP contribution is 2.32. The first kappa shape index (κ1) is 33.2. The number of halogens is 2. The van der Waals surface area contributed by atoms with Gasteiger partial charge < -0.3 is 29.9 Å². The Kier molecular flexibility index (Phi) is 9.91. The number of piperazine rings is 1. The third-order valence-electron chi connectivity index (χ3n) is 8.01. The number of ether oxygens (including phenoxy) is 2. The first-order valence-electron chi connectivity index (χ1n) is 14.7. The summed E-state index contributed by atoms with van der Waals surface area (Å²) in [6.45, 7) is 5.34. The normalized spacial score (nSPS) is 16.5. The maximum Gasteiger partial charge on any atom is 0.434 e. The molecular formula is C30H37F2N7O6S. The van der Waals surface area contributed by atoms with Crippen LogP contribution in [-0.2, 0) is 32.5 Å². The molecular weight excluding hydrogens is 624 g/mol. The Morgan fingerprint density at radius 2 is 1.72 bits per heavy atom. The summed E-state index contributed by atoms with van der Waals surface area (Å²) in [5.74, 6) is -2.67. The number of sulfonamides is 1. The van der Waals surface area contributed by atoms with Gasteiger partial charge >= 0.3 is 6.09 Å². The minimum absolute atomic E-state index is 0.0192. The Hall–Kier alpha value is -4.12. The van der Waals surface area contributed by atoms with Crippen LogP contribution >= 0.6 is 0 Å². The largest absolute Gasteiger partial charge is 0.451 e. The predicted octanol–water partition coefficient (Wildman–Crippen LogP) is 2.97. The molecule has 2 N–H and O–H groups in total. The molecule has 1 fully saturated rings. The lowest BCUT2D eigenvalue weighted by Gasteiger charge is -2.34. The quantitative estimate of drug-likeness (QED) is 0.352. The molecule has 3 aromatic rings. The fourth-order valence-corrected chi connectivity index (χ4v) is 7.06. The number of aromatic nitrogens is 2. The van der Waals surface area contributed by atoms with Crippen molar-refractivity contribution < 1.29 is 36.3 Å². The predicted molar refractivity (Wildman–Crippen MR) is 167 cm³/mol. The van der Waals surface area contributed by atoms with Crippen LogP contribution in [0.1, 0.15) is 28.5 Å². The van der Waals surface area contributed by atoms with Gasteiger partial charge in [0.15, 0.2) is 5.82 Å². The van der Waals surface area contributed by atoms with Gasteiger partial charge in [0.2, 0.25) is 10.0 Å².